The Morgan fingerprint density at radius 3 is 2.31 bits per heavy atom. The summed E-state index contributed by atoms with van der Waals surface area (Å²) >= 11 is 0. The van der Waals surface area contributed by atoms with Crippen molar-refractivity contribution in [3.8, 4) is 5.75 Å². The van der Waals surface area contributed by atoms with Crippen molar-refractivity contribution in [2.45, 2.75) is 33.8 Å². The number of rotatable bonds is 4. The van der Waals surface area contributed by atoms with Crippen LogP contribution in [-0.2, 0) is 4.79 Å². The maximum absolute atomic E-state index is 12.8. The monoisotopic (exact) mass is 352 g/mol. The summed E-state index contributed by atoms with van der Waals surface area (Å²) in [4.78, 5) is 17.1. The van der Waals surface area contributed by atoms with Crippen LogP contribution >= 0.6 is 0 Å². The number of carbonyl (C=O) groups excluding carboxylic acids is 1. The van der Waals surface area contributed by atoms with Crippen LogP contribution in [0, 0.1) is 20.8 Å². The molecule has 4 nitrogen and oxygen atoms in total. The van der Waals surface area contributed by atoms with Crippen molar-refractivity contribution in [2.24, 2.45) is 0 Å². The number of ether oxygens (including phenoxy) is 1. The molecule has 26 heavy (non-hydrogen) atoms. The number of amides is 1. The summed E-state index contributed by atoms with van der Waals surface area (Å²) in [6.07, 6.45) is -0.474. The highest BCUT2D eigenvalue weighted by molar-refractivity contribution is 5.81. The van der Waals surface area contributed by atoms with Crippen LogP contribution in [0.3, 0.4) is 0 Å². The maximum Gasteiger partial charge on any atom is 0.263 e. The average molecular weight is 352 g/mol. The average Bonchev–Trinajstić information content (AvgIpc) is 2.66. The molecule has 0 bridgehead atoms. The second kappa shape index (κ2) is 7.81. The van der Waals surface area contributed by atoms with Crippen LogP contribution in [0.1, 0.15) is 23.6 Å². The first-order chi connectivity index (χ1) is 12.5. The van der Waals surface area contributed by atoms with Crippen LogP contribution in [0.5, 0.6) is 5.75 Å². The third kappa shape index (κ3) is 4.01. The molecule has 1 fully saturated rings. The minimum absolute atomic E-state index is 0.0660. The fraction of sp³-hybridized carbons (Fsp3) is 0.409. The van der Waals surface area contributed by atoms with E-state index in [1.807, 2.05) is 30.9 Å². The van der Waals surface area contributed by atoms with Crippen molar-refractivity contribution in [3.05, 3.63) is 59.2 Å². The van der Waals surface area contributed by atoms with Crippen molar-refractivity contribution in [2.75, 3.05) is 31.1 Å². The van der Waals surface area contributed by atoms with Gasteiger partial charge in [-0.3, -0.25) is 4.79 Å². The topological polar surface area (TPSA) is 32.8 Å². The van der Waals surface area contributed by atoms with Gasteiger partial charge in [-0.2, -0.15) is 0 Å². The Labute approximate surface area is 156 Å². The van der Waals surface area contributed by atoms with Crippen LogP contribution < -0.4 is 9.64 Å². The van der Waals surface area contributed by atoms with Gasteiger partial charge in [0.05, 0.1) is 0 Å². The molecule has 0 aliphatic carbocycles. The zero-order valence-corrected chi connectivity index (χ0v) is 16.2. The highest BCUT2D eigenvalue weighted by Crippen LogP contribution is 2.25. The zero-order valence-electron chi connectivity index (χ0n) is 16.2. The molecule has 1 aliphatic rings. The maximum atomic E-state index is 12.8. The number of hydrogen-bond acceptors (Lipinski definition) is 3. The normalized spacial score (nSPS) is 15.7. The molecule has 0 aromatic heterocycles. The van der Waals surface area contributed by atoms with E-state index in [2.05, 4.69) is 49.1 Å². The van der Waals surface area contributed by atoms with Gasteiger partial charge < -0.3 is 14.5 Å². The van der Waals surface area contributed by atoms with Crippen LogP contribution in [0.25, 0.3) is 0 Å². The van der Waals surface area contributed by atoms with E-state index in [1.54, 1.807) is 0 Å². The SMILES string of the molecule is Cc1cc(C)c(C)c(OC(C)C(=O)N2CCN(c3ccccc3)CC2)c1. The van der Waals surface area contributed by atoms with Crippen molar-refractivity contribution < 1.29 is 9.53 Å². The smallest absolute Gasteiger partial charge is 0.263 e. The van der Waals surface area contributed by atoms with E-state index in [4.69, 9.17) is 4.74 Å². The molecule has 1 saturated heterocycles. The van der Waals surface area contributed by atoms with Gasteiger partial charge in [0.2, 0.25) is 0 Å². The van der Waals surface area contributed by atoms with E-state index in [1.165, 1.54) is 11.3 Å². The summed E-state index contributed by atoms with van der Waals surface area (Å²) in [5.74, 6) is 0.877. The molecule has 0 saturated carbocycles. The van der Waals surface area contributed by atoms with Gasteiger partial charge in [0, 0.05) is 31.9 Å². The van der Waals surface area contributed by atoms with Gasteiger partial charge in [-0.05, 0) is 62.6 Å². The molecule has 0 N–H and O–H groups in total. The first kappa shape index (κ1) is 18.3. The number of aryl methyl sites for hydroxylation is 2. The molecular formula is C22H28N2O2. The highest BCUT2D eigenvalue weighted by Gasteiger charge is 2.26. The fourth-order valence-corrected chi connectivity index (χ4v) is 3.45. The summed E-state index contributed by atoms with van der Waals surface area (Å²) in [6, 6.07) is 14.5. The molecule has 2 aromatic rings. The number of piperazine rings is 1. The minimum atomic E-state index is -0.474. The fourth-order valence-electron chi connectivity index (χ4n) is 3.45. The third-order valence-electron chi connectivity index (χ3n) is 5.13. The first-order valence-electron chi connectivity index (χ1n) is 9.29. The standard InChI is InChI=1S/C22H28N2O2/c1-16-14-17(2)18(3)21(15-16)26-19(4)22(25)24-12-10-23(11-13-24)20-8-6-5-7-9-20/h5-9,14-15,19H,10-13H2,1-4H3. The van der Waals surface area contributed by atoms with Crippen molar-refractivity contribution >= 4 is 11.6 Å². The van der Waals surface area contributed by atoms with Gasteiger partial charge >= 0.3 is 0 Å². The second-order valence-corrected chi connectivity index (χ2v) is 7.11. The Morgan fingerprint density at radius 1 is 1.00 bits per heavy atom. The first-order valence-corrected chi connectivity index (χ1v) is 9.29. The summed E-state index contributed by atoms with van der Waals surface area (Å²) in [5, 5.41) is 0. The van der Waals surface area contributed by atoms with Gasteiger partial charge in [-0.1, -0.05) is 24.3 Å². The van der Waals surface area contributed by atoms with Crippen LogP contribution in [0.4, 0.5) is 5.69 Å². The van der Waals surface area contributed by atoms with Crippen LogP contribution in [-0.4, -0.2) is 43.1 Å². The Hall–Kier alpha value is -2.49. The molecule has 1 atom stereocenters. The van der Waals surface area contributed by atoms with Gasteiger partial charge in [0.15, 0.2) is 6.10 Å². The Balaban J connectivity index is 1.60. The third-order valence-corrected chi connectivity index (χ3v) is 5.13. The number of hydrogen-bond donors (Lipinski definition) is 0. The number of para-hydroxylation sites is 1. The Kier molecular flexibility index (Phi) is 5.50. The van der Waals surface area contributed by atoms with Gasteiger partial charge in [0.1, 0.15) is 5.75 Å². The quantitative estimate of drug-likeness (QED) is 0.841. The zero-order chi connectivity index (χ0) is 18.7. The van der Waals surface area contributed by atoms with E-state index in [9.17, 15) is 4.79 Å². The number of carbonyl (C=O) groups is 1. The van der Waals surface area contributed by atoms with E-state index in [0.29, 0.717) is 0 Å². The second-order valence-electron chi connectivity index (χ2n) is 7.11. The molecule has 1 aliphatic heterocycles. The van der Waals surface area contributed by atoms with Crippen LogP contribution in [0.15, 0.2) is 42.5 Å². The number of anilines is 1. The number of nitrogens with zero attached hydrogens (tertiary/aromatic N) is 2. The lowest BCUT2D eigenvalue weighted by Crippen LogP contribution is -2.52. The molecule has 1 amide bonds. The predicted octanol–water partition coefficient (Wildman–Crippen LogP) is 3.73. The lowest BCUT2D eigenvalue weighted by atomic mass is 10.1. The van der Waals surface area contributed by atoms with Crippen molar-refractivity contribution in [1.29, 1.82) is 0 Å². The van der Waals surface area contributed by atoms with E-state index < -0.39 is 6.10 Å². The lowest BCUT2D eigenvalue weighted by Gasteiger charge is -2.37. The molecule has 138 valence electrons. The summed E-state index contributed by atoms with van der Waals surface area (Å²) in [5.41, 5.74) is 4.66. The van der Waals surface area contributed by atoms with Gasteiger partial charge in [-0.15, -0.1) is 0 Å². The molecule has 1 unspecified atom stereocenters. The Bertz CT molecular complexity index is 765. The van der Waals surface area contributed by atoms with Crippen LogP contribution in [0.2, 0.25) is 0 Å². The molecule has 3 rings (SSSR count). The summed E-state index contributed by atoms with van der Waals surface area (Å²) in [6.45, 7) is 11.2. The van der Waals surface area contributed by atoms with Gasteiger partial charge in [-0.25, -0.2) is 0 Å². The molecule has 0 radical (unpaired) electrons. The molecule has 1 heterocycles. The highest BCUT2D eigenvalue weighted by atomic mass is 16.5. The lowest BCUT2D eigenvalue weighted by molar-refractivity contribution is -0.138. The van der Waals surface area contributed by atoms with E-state index in [0.717, 1.165) is 43.1 Å². The number of benzene rings is 2. The molecule has 2 aromatic carbocycles. The van der Waals surface area contributed by atoms with E-state index >= 15 is 0 Å². The molecule has 4 heteroatoms. The minimum Gasteiger partial charge on any atom is -0.481 e. The van der Waals surface area contributed by atoms with Crippen molar-refractivity contribution in [3.63, 3.8) is 0 Å². The molecule has 0 spiro atoms. The summed E-state index contributed by atoms with van der Waals surface area (Å²) in [7, 11) is 0. The Morgan fingerprint density at radius 2 is 1.65 bits per heavy atom. The van der Waals surface area contributed by atoms with Crippen molar-refractivity contribution in [1.82, 2.24) is 4.90 Å². The summed E-state index contributed by atoms with van der Waals surface area (Å²) < 4.78 is 6.03. The predicted molar refractivity (Wildman–Crippen MR) is 106 cm³/mol. The van der Waals surface area contributed by atoms with Gasteiger partial charge in [0.25, 0.3) is 5.91 Å². The molecular weight excluding hydrogens is 324 g/mol. The largest absolute Gasteiger partial charge is 0.481 e. The van der Waals surface area contributed by atoms with E-state index in [-0.39, 0.29) is 5.91 Å².